The molecular formula is C33H59N2O2+. The van der Waals surface area contributed by atoms with Crippen molar-refractivity contribution in [1.29, 1.82) is 0 Å². The number of carbonyl (C=O) groups is 1. The maximum Gasteiger partial charge on any atom is 0.407 e. The Hall–Kier alpha value is -1.03. The molecule has 3 saturated carbocycles. The summed E-state index contributed by atoms with van der Waals surface area (Å²) in [5, 5.41) is 2.98. The van der Waals surface area contributed by atoms with E-state index < -0.39 is 0 Å². The Labute approximate surface area is 228 Å². The average Bonchev–Trinajstić information content (AvgIpc) is 3.15. The lowest BCUT2D eigenvalue weighted by Crippen LogP contribution is -2.51. The fraction of sp³-hybridized carbons (Fsp3) is 0.909. The number of nitrogens with one attached hydrogen (secondary N) is 1. The molecule has 0 aromatic carbocycles. The molecule has 1 N–H and O–H groups in total. The first-order valence-corrected chi connectivity index (χ1v) is 15.8. The molecule has 4 aliphatic carbocycles. The third-order valence-electron chi connectivity index (χ3n) is 11.6. The van der Waals surface area contributed by atoms with Crippen molar-refractivity contribution in [3.63, 3.8) is 0 Å². The van der Waals surface area contributed by atoms with Crippen molar-refractivity contribution in [2.24, 2.45) is 46.3 Å². The minimum atomic E-state index is -0.232. The topological polar surface area (TPSA) is 38.3 Å². The van der Waals surface area contributed by atoms with Crippen molar-refractivity contribution < 1.29 is 14.0 Å². The molecule has 4 aliphatic rings. The molecule has 3 fully saturated rings. The maximum absolute atomic E-state index is 12.5. The lowest BCUT2D eigenvalue weighted by Gasteiger charge is -2.58. The zero-order valence-corrected chi connectivity index (χ0v) is 25.6. The molecule has 8 unspecified atom stereocenters. The molecule has 4 rings (SSSR count). The van der Waals surface area contributed by atoms with Crippen LogP contribution in [0, 0.1) is 46.3 Å². The third-order valence-corrected chi connectivity index (χ3v) is 11.6. The van der Waals surface area contributed by atoms with Crippen LogP contribution in [0.1, 0.15) is 105 Å². The van der Waals surface area contributed by atoms with E-state index in [9.17, 15) is 4.79 Å². The normalized spacial score (nSPS) is 38.3. The predicted molar refractivity (Wildman–Crippen MR) is 154 cm³/mol. The number of hydrogen-bond acceptors (Lipinski definition) is 2. The van der Waals surface area contributed by atoms with Crippen LogP contribution in [0.25, 0.3) is 0 Å². The van der Waals surface area contributed by atoms with Gasteiger partial charge in [-0.05, 0) is 91.3 Å². The summed E-state index contributed by atoms with van der Waals surface area (Å²) in [4.78, 5) is 12.5. The Balaban J connectivity index is 1.36. The summed E-state index contributed by atoms with van der Waals surface area (Å²) in [5.74, 6) is 5.21. The second-order valence-electron chi connectivity index (χ2n) is 15.5. The first-order chi connectivity index (χ1) is 17.3. The Bertz CT molecular complexity index is 829. The fourth-order valence-electron chi connectivity index (χ4n) is 9.44. The molecule has 0 aromatic rings. The Morgan fingerprint density at radius 2 is 1.81 bits per heavy atom. The highest BCUT2D eigenvalue weighted by Gasteiger charge is 2.59. The van der Waals surface area contributed by atoms with Crippen LogP contribution < -0.4 is 5.32 Å². The first-order valence-electron chi connectivity index (χ1n) is 15.8. The van der Waals surface area contributed by atoms with Crippen LogP contribution in [0.4, 0.5) is 4.79 Å². The number of nitrogens with zero attached hydrogens (tertiary/aromatic N) is 1. The predicted octanol–water partition coefficient (Wildman–Crippen LogP) is 7.83. The van der Waals surface area contributed by atoms with E-state index in [1.54, 1.807) is 5.57 Å². The molecule has 0 heterocycles. The van der Waals surface area contributed by atoms with Gasteiger partial charge in [0.05, 0.1) is 34.2 Å². The number of amides is 1. The van der Waals surface area contributed by atoms with Crippen molar-refractivity contribution >= 4 is 6.09 Å². The SMILES string of the molecule is CC(C)CCCC(C)C1CCC2C3CC=C4CC(OC(=O)NCC[N+](C)(C)C)CCC4(C)C3CCC12C. The van der Waals surface area contributed by atoms with E-state index >= 15 is 0 Å². The van der Waals surface area contributed by atoms with Crippen LogP contribution >= 0.6 is 0 Å². The second-order valence-corrected chi connectivity index (χ2v) is 15.5. The summed E-state index contributed by atoms with van der Waals surface area (Å²) in [5.41, 5.74) is 2.46. The summed E-state index contributed by atoms with van der Waals surface area (Å²) >= 11 is 0. The van der Waals surface area contributed by atoms with Gasteiger partial charge in [-0.15, -0.1) is 0 Å². The minimum Gasteiger partial charge on any atom is -0.446 e. The van der Waals surface area contributed by atoms with E-state index in [1.807, 2.05) is 0 Å². The van der Waals surface area contributed by atoms with E-state index in [2.05, 4.69) is 67.2 Å². The summed E-state index contributed by atoms with van der Waals surface area (Å²) < 4.78 is 6.75. The number of hydrogen-bond donors (Lipinski definition) is 1. The summed E-state index contributed by atoms with van der Waals surface area (Å²) in [6.07, 6.45) is 16.8. The van der Waals surface area contributed by atoms with Gasteiger partial charge in [0.1, 0.15) is 6.10 Å². The molecule has 212 valence electrons. The van der Waals surface area contributed by atoms with Crippen LogP contribution in [0.5, 0.6) is 0 Å². The highest BCUT2D eigenvalue weighted by molar-refractivity contribution is 5.67. The van der Waals surface area contributed by atoms with Gasteiger partial charge in [-0.2, -0.15) is 0 Å². The smallest absolute Gasteiger partial charge is 0.407 e. The molecule has 0 aromatic heterocycles. The van der Waals surface area contributed by atoms with Crippen molar-refractivity contribution in [2.45, 2.75) is 111 Å². The number of carbonyl (C=O) groups excluding carboxylic acids is 1. The number of allylic oxidation sites excluding steroid dienone is 1. The average molecular weight is 516 g/mol. The minimum absolute atomic E-state index is 0.0383. The van der Waals surface area contributed by atoms with E-state index in [1.165, 1.54) is 57.8 Å². The number of likely N-dealkylation sites (N-methyl/N-ethyl adjacent to an activating group) is 1. The summed E-state index contributed by atoms with van der Waals surface area (Å²) in [6, 6.07) is 0. The zero-order chi connectivity index (χ0) is 27.0. The molecule has 4 nitrogen and oxygen atoms in total. The highest BCUT2D eigenvalue weighted by Crippen LogP contribution is 2.67. The van der Waals surface area contributed by atoms with E-state index in [0.29, 0.717) is 17.4 Å². The van der Waals surface area contributed by atoms with Gasteiger partial charge in [-0.1, -0.05) is 65.5 Å². The molecular weight excluding hydrogens is 456 g/mol. The van der Waals surface area contributed by atoms with Gasteiger partial charge in [0, 0.05) is 6.42 Å². The lowest BCUT2D eigenvalue weighted by atomic mass is 9.47. The van der Waals surface area contributed by atoms with E-state index in [0.717, 1.165) is 59.4 Å². The van der Waals surface area contributed by atoms with Gasteiger partial charge in [0.2, 0.25) is 0 Å². The standard InChI is InChI=1S/C33H58N2O2/c1-23(2)10-9-11-24(3)28-14-15-29-27-13-12-25-22-26(37-31(36)34-20-21-35(6,7)8)16-18-32(25,4)30(27)17-19-33(28,29)5/h12,23-24,26-30H,9-11,13-22H2,1-8H3/p+1. The molecule has 1 amide bonds. The first kappa shape index (κ1) is 29.0. The van der Waals surface area contributed by atoms with E-state index in [4.69, 9.17) is 4.74 Å². The number of quaternary nitrogens is 1. The van der Waals surface area contributed by atoms with Crippen LogP contribution in [0.2, 0.25) is 0 Å². The van der Waals surface area contributed by atoms with Crippen molar-refractivity contribution in [3.05, 3.63) is 11.6 Å². The third kappa shape index (κ3) is 6.25. The molecule has 0 radical (unpaired) electrons. The molecule has 37 heavy (non-hydrogen) atoms. The summed E-state index contributed by atoms with van der Waals surface area (Å²) in [7, 11) is 6.43. The monoisotopic (exact) mass is 515 g/mol. The quantitative estimate of drug-likeness (QED) is 0.251. The van der Waals surface area contributed by atoms with Crippen molar-refractivity contribution in [2.75, 3.05) is 34.2 Å². The molecule has 0 spiro atoms. The maximum atomic E-state index is 12.5. The number of alkyl carbamates (subject to hydrolysis) is 1. The Morgan fingerprint density at radius 1 is 1.05 bits per heavy atom. The van der Waals surface area contributed by atoms with Crippen LogP contribution in [0.15, 0.2) is 11.6 Å². The van der Waals surface area contributed by atoms with Crippen LogP contribution in [-0.4, -0.2) is 50.9 Å². The molecule has 4 heteroatoms. The van der Waals surface area contributed by atoms with Crippen LogP contribution in [-0.2, 0) is 4.74 Å². The fourth-order valence-corrected chi connectivity index (χ4v) is 9.44. The molecule has 0 saturated heterocycles. The lowest BCUT2D eigenvalue weighted by molar-refractivity contribution is -0.869. The van der Waals surface area contributed by atoms with Gasteiger partial charge >= 0.3 is 6.09 Å². The molecule has 0 bridgehead atoms. The van der Waals surface area contributed by atoms with Gasteiger partial charge < -0.3 is 14.5 Å². The van der Waals surface area contributed by atoms with E-state index in [-0.39, 0.29) is 12.2 Å². The second kappa shape index (κ2) is 11.2. The van der Waals surface area contributed by atoms with Gasteiger partial charge in [-0.3, -0.25) is 0 Å². The van der Waals surface area contributed by atoms with Gasteiger partial charge in [0.25, 0.3) is 0 Å². The number of rotatable bonds is 9. The van der Waals surface area contributed by atoms with Gasteiger partial charge in [-0.25, -0.2) is 4.79 Å². The number of fused-ring (bicyclic) bond motifs is 5. The molecule has 8 atom stereocenters. The molecule has 0 aliphatic heterocycles. The van der Waals surface area contributed by atoms with Gasteiger partial charge in [0.15, 0.2) is 0 Å². The Morgan fingerprint density at radius 3 is 2.51 bits per heavy atom. The zero-order valence-electron chi connectivity index (χ0n) is 25.6. The summed E-state index contributed by atoms with van der Waals surface area (Å²) in [6.45, 7) is 14.1. The highest BCUT2D eigenvalue weighted by atomic mass is 16.6. The van der Waals surface area contributed by atoms with Crippen molar-refractivity contribution in [1.82, 2.24) is 5.32 Å². The van der Waals surface area contributed by atoms with Crippen molar-refractivity contribution in [3.8, 4) is 0 Å². The largest absolute Gasteiger partial charge is 0.446 e. The Kier molecular flexibility index (Phi) is 8.78. The van der Waals surface area contributed by atoms with Crippen LogP contribution in [0.3, 0.4) is 0 Å². The number of ether oxygens (including phenoxy) is 1.